The van der Waals surface area contributed by atoms with Crippen LogP contribution in [0, 0.1) is 0 Å². The van der Waals surface area contributed by atoms with Gasteiger partial charge in [-0.15, -0.1) is 0 Å². The molecule has 10 nitrogen and oxygen atoms in total. The summed E-state index contributed by atoms with van der Waals surface area (Å²) in [5.41, 5.74) is 1.27. The van der Waals surface area contributed by atoms with Gasteiger partial charge in [0.2, 0.25) is 28.6 Å². The average molecular weight is 560 g/mol. The zero-order valence-corrected chi connectivity index (χ0v) is 23.5. The molecule has 212 valence electrons. The first-order chi connectivity index (χ1) is 18.7. The maximum Gasteiger partial charge on any atom is 0.242 e. The van der Waals surface area contributed by atoms with Gasteiger partial charge in [0.1, 0.15) is 11.8 Å². The van der Waals surface area contributed by atoms with E-state index in [1.807, 2.05) is 24.3 Å². The number of carbonyl (C=O) groups is 2. The van der Waals surface area contributed by atoms with E-state index in [1.165, 1.54) is 4.31 Å². The van der Waals surface area contributed by atoms with Gasteiger partial charge in [0.25, 0.3) is 0 Å². The highest BCUT2D eigenvalue weighted by molar-refractivity contribution is 7.92. The highest BCUT2D eigenvalue weighted by atomic mass is 32.2. The zero-order chi connectivity index (χ0) is 28.0. The molecule has 0 unspecified atom stereocenters. The van der Waals surface area contributed by atoms with Crippen molar-refractivity contribution in [1.82, 2.24) is 10.2 Å². The third kappa shape index (κ3) is 7.35. The Kier molecular flexibility index (Phi) is 9.21. The number of methoxy groups -OCH3 is 1. The molecule has 1 heterocycles. The van der Waals surface area contributed by atoms with Crippen LogP contribution in [0.1, 0.15) is 51.0 Å². The number of sulfonamides is 1. The average Bonchev–Trinajstić information content (AvgIpc) is 3.60. The van der Waals surface area contributed by atoms with Crippen LogP contribution in [0.2, 0.25) is 0 Å². The molecule has 2 aromatic carbocycles. The monoisotopic (exact) mass is 559 g/mol. The predicted octanol–water partition coefficient (Wildman–Crippen LogP) is 3.45. The number of anilines is 1. The molecule has 0 spiro atoms. The van der Waals surface area contributed by atoms with Crippen molar-refractivity contribution in [3.05, 3.63) is 48.0 Å². The molecule has 1 saturated carbocycles. The van der Waals surface area contributed by atoms with Crippen LogP contribution in [-0.2, 0) is 26.2 Å². The van der Waals surface area contributed by atoms with Crippen molar-refractivity contribution in [3.8, 4) is 17.2 Å². The highest BCUT2D eigenvalue weighted by Crippen LogP contribution is 2.36. The number of nitrogens with zero attached hydrogens (tertiary/aromatic N) is 2. The number of carbonyl (C=O) groups excluding carboxylic acids is 2. The first-order valence-electron chi connectivity index (χ1n) is 13.3. The Bertz CT molecular complexity index is 1280. The standard InChI is InChI=1S/C28H37N3O7S/c1-20(28(33)29-22-9-4-5-10-22)30(18-21-8-6-11-24(16-21)36-2)27(32)12-7-15-31(39(3,34)35)23-13-14-25-26(17-23)38-19-37-25/h6,8,11,13-14,16-17,20,22H,4-5,7,9-10,12,15,18-19H2,1-3H3,(H,29,33)/t20-/m0/s1. The summed E-state index contributed by atoms with van der Waals surface area (Å²) in [4.78, 5) is 28.2. The van der Waals surface area contributed by atoms with E-state index >= 15 is 0 Å². The molecule has 2 aliphatic rings. The van der Waals surface area contributed by atoms with Gasteiger partial charge in [0.15, 0.2) is 11.5 Å². The topological polar surface area (TPSA) is 114 Å². The van der Waals surface area contributed by atoms with Crippen LogP contribution in [0.4, 0.5) is 5.69 Å². The Morgan fingerprint density at radius 2 is 1.85 bits per heavy atom. The minimum absolute atomic E-state index is 0.0710. The molecule has 0 aromatic heterocycles. The van der Waals surface area contributed by atoms with Gasteiger partial charge in [-0.1, -0.05) is 25.0 Å². The lowest BCUT2D eigenvalue weighted by Crippen LogP contribution is -2.49. The number of amides is 2. The molecule has 11 heteroatoms. The first-order valence-corrected chi connectivity index (χ1v) is 15.1. The fourth-order valence-electron chi connectivity index (χ4n) is 4.99. The van der Waals surface area contributed by atoms with Crippen LogP contribution in [0.5, 0.6) is 17.2 Å². The lowest BCUT2D eigenvalue weighted by Gasteiger charge is -2.30. The summed E-state index contributed by atoms with van der Waals surface area (Å²) in [5.74, 6) is 1.28. The molecule has 1 atom stereocenters. The molecule has 2 amide bonds. The maximum absolute atomic E-state index is 13.5. The fourth-order valence-corrected chi connectivity index (χ4v) is 5.94. The Morgan fingerprint density at radius 1 is 1.10 bits per heavy atom. The molecule has 0 bridgehead atoms. The second kappa shape index (κ2) is 12.6. The summed E-state index contributed by atoms with van der Waals surface area (Å²) in [7, 11) is -2.04. The molecule has 1 aliphatic heterocycles. The van der Waals surface area contributed by atoms with Crippen LogP contribution in [0.15, 0.2) is 42.5 Å². The number of fused-ring (bicyclic) bond motifs is 1. The molecule has 0 saturated heterocycles. The molecular formula is C28H37N3O7S. The van der Waals surface area contributed by atoms with Crippen molar-refractivity contribution >= 4 is 27.5 Å². The van der Waals surface area contributed by atoms with E-state index in [9.17, 15) is 18.0 Å². The van der Waals surface area contributed by atoms with Gasteiger partial charge in [-0.3, -0.25) is 13.9 Å². The van der Waals surface area contributed by atoms with Crippen molar-refractivity contribution in [2.45, 2.75) is 64.1 Å². The van der Waals surface area contributed by atoms with Crippen molar-refractivity contribution in [3.63, 3.8) is 0 Å². The number of benzene rings is 2. The number of rotatable bonds is 12. The second-order valence-electron chi connectivity index (χ2n) is 10.0. The van der Waals surface area contributed by atoms with Gasteiger partial charge in [-0.25, -0.2) is 8.42 Å². The number of hydrogen-bond donors (Lipinski definition) is 1. The quantitative estimate of drug-likeness (QED) is 0.424. The lowest BCUT2D eigenvalue weighted by molar-refractivity contribution is -0.141. The number of ether oxygens (including phenoxy) is 3. The van der Waals surface area contributed by atoms with Crippen LogP contribution in [-0.4, -0.2) is 63.9 Å². The minimum Gasteiger partial charge on any atom is -0.497 e. The molecule has 39 heavy (non-hydrogen) atoms. The smallest absolute Gasteiger partial charge is 0.242 e. The summed E-state index contributed by atoms with van der Waals surface area (Å²) in [6, 6.07) is 11.8. The van der Waals surface area contributed by atoms with E-state index in [0.717, 1.165) is 37.5 Å². The third-order valence-electron chi connectivity index (χ3n) is 7.15. The summed E-state index contributed by atoms with van der Waals surface area (Å²) < 4.78 is 42.5. The Labute approximate surface area is 230 Å². The number of hydrogen-bond acceptors (Lipinski definition) is 7. The van der Waals surface area contributed by atoms with Crippen molar-refractivity contribution < 1.29 is 32.2 Å². The van der Waals surface area contributed by atoms with E-state index < -0.39 is 16.1 Å². The Hall–Kier alpha value is -3.47. The largest absolute Gasteiger partial charge is 0.497 e. The van der Waals surface area contributed by atoms with Crippen LogP contribution >= 0.6 is 0 Å². The zero-order valence-electron chi connectivity index (χ0n) is 22.7. The summed E-state index contributed by atoms with van der Waals surface area (Å²) in [6.07, 6.45) is 5.54. The van der Waals surface area contributed by atoms with Crippen molar-refractivity contribution in [2.24, 2.45) is 0 Å². The van der Waals surface area contributed by atoms with Crippen molar-refractivity contribution in [2.75, 3.05) is 31.0 Å². The fraction of sp³-hybridized carbons (Fsp3) is 0.500. The molecule has 2 aromatic rings. The van der Waals surface area contributed by atoms with Crippen molar-refractivity contribution in [1.29, 1.82) is 0 Å². The van der Waals surface area contributed by atoms with E-state index in [2.05, 4.69) is 5.32 Å². The van der Waals surface area contributed by atoms with E-state index in [0.29, 0.717) is 22.9 Å². The molecule has 0 radical (unpaired) electrons. The Balaban J connectivity index is 1.46. The summed E-state index contributed by atoms with van der Waals surface area (Å²) >= 11 is 0. The molecule has 1 fully saturated rings. The summed E-state index contributed by atoms with van der Waals surface area (Å²) in [6.45, 7) is 2.15. The van der Waals surface area contributed by atoms with Gasteiger partial charge >= 0.3 is 0 Å². The molecule has 1 N–H and O–H groups in total. The minimum atomic E-state index is -3.62. The second-order valence-corrected chi connectivity index (χ2v) is 11.9. The Morgan fingerprint density at radius 3 is 2.56 bits per heavy atom. The van der Waals surface area contributed by atoms with Crippen LogP contribution in [0.3, 0.4) is 0 Å². The van der Waals surface area contributed by atoms with Gasteiger partial charge in [-0.2, -0.15) is 0 Å². The van der Waals surface area contributed by atoms with E-state index in [4.69, 9.17) is 14.2 Å². The predicted molar refractivity (Wildman–Crippen MR) is 147 cm³/mol. The van der Waals surface area contributed by atoms with Crippen LogP contribution in [0.25, 0.3) is 0 Å². The SMILES string of the molecule is COc1cccc(CN(C(=O)CCCN(c2ccc3c(c2)OCO3)S(C)(=O)=O)[C@@H](C)C(=O)NC2CCCC2)c1. The summed E-state index contributed by atoms with van der Waals surface area (Å²) in [5, 5.41) is 3.09. The highest BCUT2D eigenvalue weighted by Gasteiger charge is 2.29. The van der Waals surface area contributed by atoms with Gasteiger partial charge in [0, 0.05) is 31.6 Å². The molecule has 1 aliphatic carbocycles. The van der Waals surface area contributed by atoms with Crippen LogP contribution < -0.4 is 23.8 Å². The lowest BCUT2D eigenvalue weighted by atomic mass is 10.1. The first kappa shape index (κ1) is 28.5. The third-order valence-corrected chi connectivity index (χ3v) is 8.35. The molecular weight excluding hydrogens is 522 g/mol. The maximum atomic E-state index is 13.5. The number of nitrogens with one attached hydrogen (secondary N) is 1. The van der Waals surface area contributed by atoms with E-state index in [-0.39, 0.29) is 50.6 Å². The van der Waals surface area contributed by atoms with E-state index in [1.54, 1.807) is 37.1 Å². The van der Waals surface area contributed by atoms with Gasteiger partial charge in [0.05, 0.1) is 19.1 Å². The normalized spacial score (nSPS) is 15.6. The molecule has 4 rings (SSSR count). The van der Waals surface area contributed by atoms with Gasteiger partial charge < -0.3 is 24.4 Å². The van der Waals surface area contributed by atoms with Gasteiger partial charge in [-0.05, 0) is 56.0 Å².